The number of piperidine rings is 1. The normalized spacial score (nSPS) is 14.0. The molecule has 0 bridgehead atoms. The van der Waals surface area contributed by atoms with Gasteiger partial charge in [-0.25, -0.2) is 24.3 Å². The molecule has 38 heavy (non-hydrogen) atoms. The van der Waals surface area contributed by atoms with E-state index in [1.54, 1.807) is 29.2 Å². The third kappa shape index (κ3) is 5.36. The van der Waals surface area contributed by atoms with Crippen LogP contribution in [0.15, 0.2) is 59.7 Å². The highest BCUT2D eigenvalue weighted by molar-refractivity contribution is 5.95. The fourth-order valence-electron chi connectivity index (χ4n) is 4.62. The van der Waals surface area contributed by atoms with E-state index in [-0.39, 0.29) is 28.5 Å². The molecule has 1 amide bonds. The van der Waals surface area contributed by atoms with E-state index in [2.05, 4.69) is 25.5 Å². The summed E-state index contributed by atoms with van der Waals surface area (Å²) in [5.41, 5.74) is 1.11. The Morgan fingerprint density at radius 3 is 2.50 bits per heavy atom. The number of likely N-dealkylation sites (tertiary alicyclic amines) is 1. The van der Waals surface area contributed by atoms with Gasteiger partial charge in [-0.3, -0.25) is 9.59 Å². The number of carbonyl (C=O) groups is 2. The van der Waals surface area contributed by atoms with Crippen molar-refractivity contribution in [2.45, 2.75) is 19.3 Å². The zero-order valence-electron chi connectivity index (χ0n) is 20.4. The Balaban J connectivity index is 1.21. The predicted molar refractivity (Wildman–Crippen MR) is 138 cm³/mol. The molecule has 3 N–H and O–H groups in total. The summed E-state index contributed by atoms with van der Waals surface area (Å²) < 4.78 is 14.7. The van der Waals surface area contributed by atoms with E-state index in [1.165, 1.54) is 18.5 Å². The van der Waals surface area contributed by atoms with Crippen LogP contribution in [0.25, 0.3) is 10.8 Å². The monoisotopic (exact) mass is 516 g/mol. The second-order valence-electron chi connectivity index (χ2n) is 9.25. The second kappa shape index (κ2) is 10.8. The van der Waals surface area contributed by atoms with Gasteiger partial charge in [0.25, 0.3) is 11.5 Å². The number of aromatic amines is 1. The molecule has 2 aromatic carbocycles. The highest BCUT2D eigenvalue weighted by Gasteiger charge is 2.26. The number of rotatable bonds is 7. The van der Waals surface area contributed by atoms with Crippen LogP contribution < -0.4 is 10.9 Å². The molecule has 1 aliphatic rings. The van der Waals surface area contributed by atoms with Gasteiger partial charge in [0.1, 0.15) is 5.82 Å². The molecular weight excluding hydrogens is 491 g/mol. The number of amides is 1. The van der Waals surface area contributed by atoms with Gasteiger partial charge < -0.3 is 15.3 Å². The minimum atomic E-state index is -1.09. The number of aromatic carboxylic acids is 1. The lowest BCUT2D eigenvalue weighted by Gasteiger charge is -2.32. The SMILES string of the molecule is O=C(O)c1cnc(NCC2CCN(C(=O)c3cc(Cc4n[nH]c(=O)c5ccccc45)ccc3F)CC2)nc1. The van der Waals surface area contributed by atoms with Crippen molar-refractivity contribution in [2.75, 3.05) is 25.0 Å². The minimum Gasteiger partial charge on any atom is -0.478 e. The number of carboxylic acids is 1. The molecule has 1 saturated heterocycles. The Bertz CT molecular complexity index is 1550. The molecule has 11 heteroatoms. The summed E-state index contributed by atoms with van der Waals surface area (Å²) >= 11 is 0. The van der Waals surface area contributed by atoms with Crippen LogP contribution in [0.4, 0.5) is 10.3 Å². The highest BCUT2D eigenvalue weighted by Crippen LogP contribution is 2.23. The first-order chi connectivity index (χ1) is 18.4. The average Bonchev–Trinajstić information content (AvgIpc) is 2.94. The number of anilines is 1. The summed E-state index contributed by atoms with van der Waals surface area (Å²) in [6, 6.07) is 11.6. The van der Waals surface area contributed by atoms with Crippen molar-refractivity contribution in [2.24, 2.45) is 5.92 Å². The van der Waals surface area contributed by atoms with Crippen molar-refractivity contribution < 1.29 is 19.1 Å². The van der Waals surface area contributed by atoms with Crippen LogP contribution in [0.2, 0.25) is 0 Å². The number of fused-ring (bicyclic) bond motifs is 1. The van der Waals surface area contributed by atoms with E-state index >= 15 is 0 Å². The van der Waals surface area contributed by atoms with Gasteiger partial charge >= 0.3 is 5.97 Å². The maximum absolute atomic E-state index is 14.7. The minimum absolute atomic E-state index is 0.0136. The number of hydrogen-bond acceptors (Lipinski definition) is 7. The van der Waals surface area contributed by atoms with Crippen molar-refractivity contribution in [3.8, 4) is 0 Å². The third-order valence-corrected chi connectivity index (χ3v) is 6.76. The number of carboxylic acid groups (broad SMARTS) is 1. The number of benzene rings is 2. The fourth-order valence-corrected chi connectivity index (χ4v) is 4.62. The summed E-state index contributed by atoms with van der Waals surface area (Å²) in [7, 11) is 0. The lowest BCUT2D eigenvalue weighted by Crippen LogP contribution is -2.40. The van der Waals surface area contributed by atoms with Gasteiger partial charge in [-0.2, -0.15) is 5.10 Å². The van der Waals surface area contributed by atoms with Gasteiger partial charge in [-0.15, -0.1) is 0 Å². The molecule has 194 valence electrons. The Morgan fingerprint density at radius 1 is 1.08 bits per heavy atom. The number of nitrogens with one attached hydrogen (secondary N) is 2. The molecule has 1 aliphatic heterocycles. The quantitative estimate of drug-likeness (QED) is 0.340. The molecule has 3 heterocycles. The van der Waals surface area contributed by atoms with Crippen LogP contribution in [0.3, 0.4) is 0 Å². The van der Waals surface area contributed by atoms with Gasteiger partial charge in [-0.05, 0) is 42.5 Å². The highest BCUT2D eigenvalue weighted by atomic mass is 19.1. The van der Waals surface area contributed by atoms with Gasteiger partial charge in [0.15, 0.2) is 0 Å². The Labute approximate surface area is 216 Å². The van der Waals surface area contributed by atoms with Crippen molar-refractivity contribution in [3.63, 3.8) is 0 Å². The van der Waals surface area contributed by atoms with E-state index in [0.29, 0.717) is 54.0 Å². The van der Waals surface area contributed by atoms with Crippen LogP contribution in [0.1, 0.15) is 44.8 Å². The van der Waals surface area contributed by atoms with E-state index < -0.39 is 11.8 Å². The Hall–Kier alpha value is -4.67. The van der Waals surface area contributed by atoms with Crippen LogP contribution in [0.5, 0.6) is 0 Å². The molecule has 0 unspecified atom stereocenters. The maximum Gasteiger partial charge on any atom is 0.338 e. The van der Waals surface area contributed by atoms with Gasteiger partial charge in [0.05, 0.1) is 22.2 Å². The Kier molecular flexibility index (Phi) is 7.07. The lowest BCUT2D eigenvalue weighted by molar-refractivity contribution is 0.0683. The second-order valence-corrected chi connectivity index (χ2v) is 9.25. The molecule has 0 saturated carbocycles. The molecule has 0 spiro atoms. The van der Waals surface area contributed by atoms with Gasteiger partial charge in [0.2, 0.25) is 5.95 Å². The number of nitrogens with zero attached hydrogens (tertiary/aromatic N) is 4. The number of aromatic nitrogens is 4. The molecule has 5 rings (SSSR count). The van der Waals surface area contributed by atoms with E-state index in [9.17, 15) is 18.8 Å². The smallest absolute Gasteiger partial charge is 0.338 e. The van der Waals surface area contributed by atoms with Crippen molar-refractivity contribution >= 4 is 28.6 Å². The maximum atomic E-state index is 14.7. The van der Waals surface area contributed by atoms with Crippen molar-refractivity contribution in [1.29, 1.82) is 0 Å². The topological polar surface area (TPSA) is 141 Å². The zero-order chi connectivity index (χ0) is 26.6. The molecular formula is C27H25FN6O4. The van der Waals surface area contributed by atoms with Crippen molar-refractivity contribution in [3.05, 3.63) is 93.4 Å². The van der Waals surface area contributed by atoms with Crippen LogP contribution in [-0.2, 0) is 6.42 Å². The van der Waals surface area contributed by atoms with Crippen LogP contribution in [0, 0.1) is 11.7 Å². The summed E-state index contributed by atoms with van der Waals surface area (Å²) in [6.45, 7) is 1.55. The van der Waals surface area contributed by atoms with Gasteiger partial charge in [0, 0.05) is 43.8 Å². The first kappa shape index (κ1) is 25.0. The van der Waals surface area contributed by atoms with E-state index in [1.807, 2.05) is 12.1 Å². The third-order valence-electron chi connectivity index (χ3n) is 6.76. The van der Waals surface area contributed by atoms with E-state index in [4.69, 9.17) is 5.11 Å². The first-order valence-electron chi connectivity index (χ1n) is 12.2. The number of H-pyrrole nitrogens is 1. The summed E-state index contributed by atoms with van der Waals surface area (Å²) in [5, 5.41) is 20.0. The molecule has 1 fully saturated rings. The molecule has 0 radical (unpaired) electrons. The first-order valence-corrected chi connectivity index (χ1v) is 12.2. The number of hydrogen-bond donors (Lipinski definition) is 3. The summed E-state index contributed by atoms with van der Waals surface area (Å²) in [6.07, 6.45) is 4.27. The molecule has 2 aromatic heterocycles. The summed E-state index contributed by atoms with van der Waals surface area (Å²) in [5.74, 6) is -1.42. The number of carbonyl (C=O) groups excluding carboxylic acids is 1. The van der Waals surface area contributed by atoms with Crippen LogP contribution in [-0.4, -0.2) is 61.7 Å². The van der Waals surface area contributed by atoms with Crippen LogP contribution >= 0.6 is 0 Å². The molecule has 4 aromatic rings. The predicted octanol–water partition coefficient (Wildman–Crippen LogP) is 3.11. The fraction of sp³-hybridized carbons (Fsp3) is 0.259. The average molecular weight is 517 g/mol. The zero-order valence-corrected chi connectivity index (χ0v) is 20.4. The van der Waals surface area contributed by atoms with E-state index in [0.717, 1.165) is 12.8 Å². The number of halogens is 1. The van der Waals surface area contributed by atoms with Gasteiger partial charge in [-0.1, -0.05) is 24.3 Å². The largest absolute Gasteiger partial charge is 0.478 e. The molecule has 10 nitrogen and oxygen atoms in total. The lowest BCUT2D eigenvalue weighted by atomic mass is 9.96. The van der Waals surface area contributed by atoms with Crippen molar-refractivity contribution in [1.82, 2.24) is 25.1 Å². The molecule has 0 atom stereocenters. The molecule has 0 aliphatic carbocycles. The Morgan fingerprint density at radius 2 is 1.79 bits per heavy atom. The summed E-state index contributed by atoms with van der Waals surface area (Å²) in [4.78, 5) is 45.8. The standard InChI is InChI=1S/C27H25FN6O4/c28-22-6-5-17(12-23-19-3-1-2-4-20(19)24(35)33-32-23)11-21(22)25(36)34-9-7-16(8-10-34)13-29-27-30-14-18(15-31-27)26(37)38/h1-6,11,14-16H,7-10,12-13H2,(H,33,35)(H,37,38)(H,29,30,31).